The lowest BCUT2D eigenvalue weighted by atomic mass is 9.89. The molecule has 0 aliphatic carbocycles. The van der Waals surface area contributed by atoms with E-state index in [4.69, 9.17) is 9.72 Å². The highest BCUT2D eigenvalue weighted by Gasteiger charge is 2.43. The van der Waals surface area contributed by atoms with Gasteiger partial charge in [0.2, 0.25) is 0 Å². The van der Waals surface area contributed by atoms with Crippen LogP contribution in [0.25, 0.3) is 20.8 Å². The molecule has 172 valence electrons. The first kappa shape index (κ1) is 21.3. The lowest BCUT2D eigenvalue weighted by Gasteiger charge is -2.36. The number of carbonyl (C=O) groups is 1. The van der Waals surface area contributed by atoms with Gasteiger partial charge in [0.1, 0.15) is 10.8 Å². The molecule has 1 amide bonds. The van der Waals surface area contributed by atoms with Gasteiger partial charge in [-0.2, -0.15) is 0 Å². The number of para-hydroxylation sites is 1. The first-order valence-corrected chi connectivity index (χ1v) is 12.6. The van der Waals surface area contributed by atoms with E-state index in [-0.39, 0.29) is 18.6 Å². The van der Waals surface area contributed by atoms with E-state index in [1.807, 2.05) is 47.4 Å². The molecule has 0 N–H and O–H groups in total. The zero-order chi connectivity index (χ0) is 23.2. The van der Waals surface area contributed by atoms with Crippen molar-refractivity contribution < 1.29 is 9.53 Å². The molecule has 2 atom stereocenters. The number of aryl methyl sites for hydroxylation is 1. The number of thiazole rings is 1. The minimum Gasteiger partial charge on any atom is -0.484 e. The summed E-state index contributed by atoms with van der Waals surface area (Å²) in [4.78, 5) is 22.5. The Balaban J connectivity index is 1.18. The Morgan fingerprint density at radius 2 is 1.94 bits per heavy atom. The van der Waals surface area contributed by atoms with Gasteiger partial charge in [-0.15, -0.1) is 11.3 Å². The first-order chi connectivity index (χ1) is 16.6. The zero-order valence-corrected chi connectivity index (χ0v) is 20.2. The van der Waals surface area contributed by atoms with E-state index in [0.717, 1.165) is 41.3 Å². The summed E-state index contributed by atoms with van der Waals surface area (Å²) in [5.74, 6) is 1.09. The van der Waals surface area contributed by atoms with E-state index in [2.05, 4.69) is 43.1 Å². The molecule has 0 saturated carbocycles. The fraction of sp³-hybridized carbons (Fsp3) is 0.286. The molecule has 0 radical (unpaired) electrons. The van der Waals surface area contributed by atoms with Crippen molar-refractivity contribution in [3.63, 3.8) is 0 Å². The van der Waals surface area contributed by atoms with Crippen LogP contribution in [0.3, 0.4) is 0 Å². The number of aromatic nitrogens is 1. The van der Waals surface area contributed by atoms with Crippen LogP contribution in [0, 0.1) is 6.92 Å². The van der Waals surface area contributed by atoms with Gasteiger partial charge in [0.15, 0.2) is 6.61 Å². The van der Waals surface area contributed by atoms with Crippen LogP contribution in [0.1, 0.15) is 23.5 Å². The normalized spacial score (nSPS) is 19.8. The van der Waals surface area contributed by atoms with Crippen molar-refractivity contribution in [2.24, 2.45) is 0 Å². The smallest absolute Gasteiger partial charge is 0.265 e. The summed E-state index contributed by atoms with van der Waals surface area (Å²) in [7, 11) is 2.16. The SMILES string of the molecule is Cc1ccc2c(c1)C1CN(C)CCC1N2C(=O)COc1ccc(-c2nc3ccccc3s2)cc1. The van der Waals surface area contributed by atoms with Crippen LogP contribution in [-0.4, -0.2) is 48.6 Å². The third-order valence-corrected chi connectivity index (χ3v) is 8.06. The number of likely N-dealkylation sites (N-methyl/N-ethyl adjacent to an activating group) is 1. The standard InChI is InChI=1S/C28H27N3O2S/c1-18-7-12-24-21(15-18)22-16-30(2)14-13-25(22)31(24)27(32)17-33-20-10-8-19(9-11-20)28-29-23-5-3-4-6-26(23)34-28/h3-12,15,22,25H,13-14,16-17H2,1-2H3. The molecule has 2 unspecified atom stereocenters. The summed E-state index contributed by atoms with van der Waals surface area (Å²) in [5.41, 5.74) is 5.66. The second-order valence-electron chi connectivity index (χ2n) is 9.35. The van der Waals surface area contributed by atoms with Gasteiger partial charge in [-0.05, 0) is 75.0 Å². The number of likely N-dealkylation sites (tertiary alicyclic amines) is 1. The molecule has 34 heavy (non-hydrogen) atoms. The summed E-state index contributed by atoms with van der Waals surface area (Å²) < 4.78 is 7.13. The molecule has 2 aliphatic heterocycles. The highest BCUT2D eigenvalue weighted by Crippen LogP contribution is 2.45. The minimum atomic E-state index is 0.0254. The number of hydrogen-bond donors (Lipinski definition) is 0. The van der Waals surface area contributed by atoms with Crippen molar-refractivity contribution >= 4 is 33.1 Å². The Hall–Kier alpha value is -3.22. The fourth-order valence-electron chi connectivity index (χ4n) is 5.31. The van der Waals surface area contributed by atoms with E-state index < -0.39 is 0 Å². The lowest BCUT2D eigenvalue weighted by Crippen LogP contribution is -2.48. The zero-order valence-electron chi connectivity index (χ0n) is 19.4. The number of piperidine rings is 1. The van der Waals surface area contributed by atoms with E-state index in [9.17, 15) is 4.79 Å². The van der Waals surface area contributed by atoms with Gasteiger partial charge in [-0.25, -0.2) is 4.98 Å². The van der Waals surface area contributed by atoms with Crippen molar-refractivity contribution in [3.8, 4) is 16.3 Å². The summed E-state index contributed by atoms with van der Waals surface area (Å²) in [5, 5.41) is 0.987. The molecule has 0 spiro atoms. The number of nitrogens with zero attached hydrogens (tertiary/aromatic N) is 3. The van der Waals surface area contributed by atoms with Gasteiger partial charge in [0.05, 0.1) is 10.2 Å². The highest BCUT2D eigenvalue weighted by molar-refractivity contribution is 7.21. The Bertz CT molecular complexity index is 1330. The number of rotatable bonds is 4. The number of fused-ring (bicyclic) bond motifs is 4. The Labute approximate surface area is 203 Å². The van der Waals surface area contributed by atoms with Crippen LogP contribution in [-0.2, 0) is 4.79 Å². The second-order valence-corrected chi connectivity index (χ2v) is 10.4. The molecule has 1 aromatic heterocycles. The minimum absolute atomic E-state index is 0.0254. The van der Waals surface area contributed by atoms with Gasteiger partial charge >= 0.3 is 0 Å². The maximum absolute atomic E-state index is 13.4. The van der Waals surface area contributed by atoms with Crippen molar-refractivity contribution in [2.45, 2.75) is 25.3 Å². The third-order valence-electron chi connectivity index (χ3n) is 6.98. The van der Waals surface area contributed by atoms with Crippen LogP contribution in [0.5, 0.6) is 5.75 Å². The van der Waals surface area contributed by atoms with Crippen LogP contribution in [0.15, 0.2) is 66.7 Å². The van der Waals surface area contributed by atoms with Gasteiger partial charge in [0.25, 0.3) is 5.91 Å². The third kappa shape index (κ3) is 3.77. The van der Waals surface area contributed by atoms with E-state index >= 15 is 0 Å². The lowest BCUT2D eigenvalue weighted by molar-refractivity contribution is -0.121. The fourth-order valence-corrected chi connectivity index (χ4v) is 6.28. The summed E-state index contributed by atoms with van der Waals surface area (Å²) >= 11 is 1.68. The molecule has 6 rings (SSSR count). The van der Waals surface area contributed by atoms with Gasteiger partial charge < -0.3 is 14.5 Å². The van der Waals surface area contributed by atoms with Gasteiger partial charge in [-0.1, -0.05) is 29.8 Å². The number of ether oxygens (including phenoxy) is 1. The molecule has 3 heterocycles. The van der Waals surface area contributed by atoms with Gasteiger partial charge in [-0.3, -0.25) is 4.79 Å². The van der Waals surface area contributed by atoms with E-state index in [0.29, 0.717) is 11.7 Å². The molecule has 2 aliphatic rings. The molecule has 6 heteroatoms. The largest absolute Gasteiger partial charge is 0.484 e. The summed E-state index contributed by atoms with van der Waals surface area (Å²) in [6.45, 7) is 4.14. The molecule has 5 nitrogen and oxygen atoms in total. The molecule has 1 fully saturated rings. The predicted molar refractivity (Wildman–Crippen MR) is 138 cm³/mol. The van der Waals surface area contributed by atoms with E-state index in [1.165, 1.54) is 15.8 Å². The Morgan fingerprint density at radius 1 is 1.12 bits per heavy atom. The molecule has 3 aromatic carbocycles. The molecular weight excluding hydrogens is 442 g/mol. The molecule has 1 saturated heterocycles. The number of carbonyl (C=O) groups excluding carboxylic acids is 1. The Morgan fingerprint density at radius 3 is 2.76 bits per heavy atom. The highest BCUT2D eigenvalue weighted by atomic mass is 32.1. The van der Waals surface area contributed by atoms with Crippen molar-refractivity contribution in [2.75, 3.05) is 31.6 Å². The number of hydrogen-bond acceptors (Lipinski definition) is 5. The average molecular weight is 470 g/mol. The van der Waals surface area contributed by atoms with Crippen LogP contribution in [0.4, 0.5) is 5.69 Å². The summed E-state index contributed by atoms with van der Waals surface area (Å²) in [6, 6.07) is 22.7. The molecule has 0 bridgehead atoms. The maximum Gasteiger partial charge on any atom is 0.265 e. The summed E-state index contributed by atoms with van der Waals surface area (Å²) in [6.07, 6.45) is 0.984. The quantitative estimate of drug-likeness (QED) is 0.397. The molecular formula is C28H27N3O2S. The predicted octanol–water partition coefficient (Wildman–Crippen LogP) is 5.49. The van der Waals surface area contributed by atoms with Crippen LogP contribution in [0.2, 0.25) is 0 Å². The van der Waals surface area contributed by atoms with Crippen molar-refractivity contribution in [3.05, 3.63) is 77.9 Å². The number of benzene rings is 3. The number of anilines is 1. The monoisotopic (exact) mass is 469 g/mol. The molecule has 4 aromatic rings. The van der Waals surface area contributed by atoms with Crippen LogP contribution < -0.4 is 9.64 Å². The number of amides is 1. The maximum atomic E-state index is 13.4. The second kappa shape index (κ2) is 8.53. The van der Waals surface area contributed by atoms with Gasteiger partial charge in [0, 0.05) is 29.8 Å². The van der Waals surface area contributed by atoms with E-state index in [1.54, 1.807) is 11.3 Å². The first-order valence-electron chi connectivity index (χ1n) is 11.8. The Kier molecular flexibility index (Phi) is 5.35. The topological polar surface area (TPSA) is 45.7 Å². The van der Waals surface area contributed by atoms with Crippen molar-refractivity contribution in [1.29, 1.82) is 0 Å². The average Bonchev–Trinajstić information content (AvgIpc) is 3.42. The van der Waals surface area contributed by atoms with Crippen molar-refractivity contribution in [1.82, 2.24) is 9.88 Å². The van der Waals surface area contributed by atoms with Crippen LogP contribution >= 0.6 is 11.3 Å².